The fourth-order valence-electron chi connectivity index (χ4n) is 9.54. The second kappa shape index (κ2) is 15.6. The molecule has 11 aromatic rings. The molecule has 0 fully saturated rings. The second-order valence-corrected chi connectivity index (χ2v) is 16.2. The monoisotopic (exact) mass is 792 g/mol. The Morgan fingerprint density at radius 2 is 0.548 bits per heavy atom. The van der Waals surface area contributed by atoms with Crippen molar-refractivity contribution in [2.75, 3.05) is 0 Å². The quantitative estimate of drug-likeness (QED) is 0.136. The molecule has 9 aromatic carbocycles. The van der Waals surface area contributed by atoms with Gasteiger partial charge in [0, 0.05) is 11.4 Å². The van der Waals surface area contributed by atoms with E-state index < -0.39 is 0 Å². The minimum absolute atomic E-state index is 1.12. The van der Waals surface area contributed by atoms with Gasteiger partial charge in [0.1, 0.15) is 0 Å². The van der Waals surface area contributed by atoms with Crippen LogP contribution in [0.15, 0.2) is 231 Å². The number of aryl methyl sites for hydroxylation is 2. The van der Waals surface area contributed by atoms with Crippen molar-refractivity contribution in [2.45, 2.75) is 13.8 Å². The van der Waals surface area contributed by atoms with Crippen molar-refractivity contribution in [1.29, 1.82) is 0 Å². The van der Waals surface area contributed by atoms with E-state index in [0.29, 0.717) is 0 Å². The SMILES string of the molecule is Cc1ccccc1-c1c2ccc(-n3c(-c4ccccc4)ccc3-c3ccccc3)cc2c(-c2ccccc2C)c2ccc(-n3c(-c4ccccc4)ccc3-c3ccccc3)cc12. The molecule has 2 heteroatoms. The number of hydrogen-bond acceptors (Lipinski definition) is 0. The highest BCUT2D eigenvalue weighted by molar-refractivity contribution is 6.22. The molecule has 62 heavy (non-hydrogen) atoms. The van der Waals surface area contributed by atoms with Gasteiger partial charge in [-0.15, -0.1) is 0 Å². The van der Waals surface area contributed by atoms with Crippen LogP contribution in [0.5, 0.6) is 0 Å². The van der Waals surface area contributed by atoms with Crippen molar-refractivity contribution >= 4 is 21.5 Å². The van der Waals surface area contributed by atoms with Gasteiger partial charge in [-0.25, -0.2) is 0 Å². The summed E-state index contributed by atoms with van der Waals surface area (Å²) in [6, 6.07) is 84.1. The van der Waals surface area contributed by atoms with Gasteiger partial charge in [0.15, 0.2) is 0 Å². The predicted octanol–water partition coefficient (Wildman–Crippen LogP) is 16.2. The topological polar surface area (TPSA) is 9.86 Å². The molecule has 0 spiro atoms. The van der Waals surface area contributed by atoms with Gasteiger partial charge >= 0.3 is 0 Å². The highest BCUT2D eigenvalue weighted by atomic mass is 15.0. The summed E-state index contributed by atoms with van der Waals surface area (Å²) in [5.41, 5.74) is 19.0. The summed E-state index contributed by atoms with van der Waals surface area (Å²) in [5, 5.41) is 4.88. The lowest BCUT2D eigenvalue weighted by molar-refractivity contribution is 1.10. The van der Waals surface area contributed by atoms with E-state index in [1.165, 1.54) is 77.2 Å². The summed E-state index contributed by atoms with van der Waals surface area (Å²) in [5.74, 6) is 0. The van der Waals surface area contributed by atoms with Gasteiger partial charge in [0.05, 0.1) is 22.8 Å². The van der Waals surface area contributed by atoms with Crippen LogP contribution in [0.25, 0.3) is 100 Å². The standard InChI is InChI=1S/C60H44N2/c1-41-19-15-17-29-49(41)59-51-33-31-48(62-57(45-25-11-5-12-26-45)37-38-58(62)46-27-13-6-14-28-46)40-54(51)60(50-30-18-16-20-42(50)2)52-34-32-47(39-53(52)59)61-55(43-21-7-3-8-22-43)35-36-56(61)44-23-9-4-10-24-44/h3-40H,1-2H3. The van der Waals surface area contributed by atoms with E-state index in [2.05, 4.69) is 254 Å². The van der Waals surface area contributed by atoms with E-state index in [1.54, 1.807) is 0 Å². The zero-order chi connectivity index (χ0) is 41.6. The maximum absolute atomic E-state index is 2.44. The first-order chi connectivity index (χ1) is 30.6. The van der Waals surface area contributed by atoms with E-state index >= 15 is 0 Å². The Morgan fingerprint density at radius 3 is 0.855 bits per heavy atom. The average Bonchev–Trinajstić information content (AvgIpc) is 3.99. The summed E-state index contributed by atoms with van der Waals surface area (Å²) >= 11 is 0. The number of hydrogen-bond donors (Lipinski definition) is 0. The van der Waals surface area contributed by atoms with Crippen LogP contribution in [0, 0.1) is 13.8 Å². The van der Waals surface area contributed by atoms with Gasteiger partial charge in [-0.3, -0.25) is 0 Å². The number of aromatic nitrogens is 2. The highest BCUT2D eigenvalue weighted by Crippen LogP contribution is 2.47. The van der Waals surface area contributed by atoms with E-state index in [9.17, 15) is 0 Å². The molecule has 11 rings (SSSR count). The Morgan fingerprint density at radius 1 is 0.258 bits per heavy atom. The van der Waals surface area contributed by atoms with Crippen LogP contribution in [0.1, 0.15) is 11.1 Å². The molecule has 2 aromatic heterocycles. The largest absolute Gasteiger partial charge is 0.309 e. The molecule has 0 unspecified atom stereocenters. The fraction of sp³-hybridized carbons (Fsp3) is 0.0333. The van der Waals surface area contributed by atoms with Crippen molar-refractivity contribution in [2.24, 2.45) is 0 Å². The molecule has 0 aliphatic rings. The van der Waals surface area contributed by atoms with Gasteiger partial charge in [-0.05, 0) is 140 Å². The first-order valence-electron chi connectivity index (χ1n) is 21.4. The Labute approximate surface area is 363 Å². The molecule has 2 heterocycles. The lowest BCUT2D eigenvalue weighted by Gasteiger charge is -2.23. The molecule has 0 amide bonds. The molecular weight excluding hydrogens is 749 g/mol. The first-order valence-corrected chi connectivity index (χ1v) is 21.4. The zero-order valence-corrected chi connectivity index (χ0v) is 34.8. The van der Waals surface area contributed by atoms with Gasteiger partial charge in [-0.2, -0.15) is 0 Å². The Kier molecular flexibility index (Phi) is 9.32. The number of benzene rings is 9. The molecule has 0 aliphatic heterocycles. The van der Waals surface area contributed by atoms with Crippen LogP contribution in [-0.2, 0) is 0 Å². The summed E-state index contributed by atoms with van der Waals surface area (Å²) in [6.07, 6.45) is 0. The van der Waals surface area contributed by atoms with Crippen LogP contribution in [-0.4, -0.2) is 9.13 Å². The van der Waals surface area contributed by atoms with Crippen LogP contribution >= 0.6 is 0 Å². The smallest absolute Gasteiger partial charge is 0.0535 e. The van der Waals surface area contributed by atoms with Crippen molar-refractivity contribution in [1.82, 2.24) is 9.13 Å². The normalized spacial score (nSPS) is 11.4. The lowest BCUT2D eigenvalue weighted by atomic mass is 9.83. The minimum Gasteiger partial charge on any atom is -0.309 e. The summed E-state index contributed by atoms with van der Waals surface area (Å²) in [7, 11) is 0. The molecule has 2 nitrogen and oxygen atoms in total. The highest BCUT2D eigenvalue weighted by Gasteiger charge is 2.23. The van der Waals surface area contributed by atoms with Crippen molar-refractivity contribution in [3.05, 3.63) is 242 Å². The third-order valence-electron chi connectivity index (χ3n) is 12.5. The van der Waals surface area contributed by atoms with E-state index in [0.717, 1.165) is 34.2 Å². The maximum Gasteiger partial charge on any atom is 0.0535 e. The van der Waals surface area contributed by atoms with E-state index in [4.69, 9.17) is 0 Å². The van der Waals surface area contributed by atoms with Crippen LogP contribution < -0.4 is 0 Å². The van der Waals surface area contributed by atoms with Gasteiger partial charge in [0.2, 0.25) is 0 Å². The van der Waals surface area contributed by atoms with Crippen LogP contribution in [0.3, 0.4) is 0 Å². The number of nitrogens with zero attached hydrogens (tertiary/aromatic N) is 2. The molecule has 0 atom stereocenters. The Balaban J connectivity index is 1.26. The lowest BCUT2D eigenvalue weighted by Crippen LogP contribution is -2.02. The Bertz CT molecular complexity index is 3050. The number of fused-ring (bicyclic) bond motifs is 2. The summed E-state index contributed by atoms with van der Waals surface area (Å²) < 4.78 is 4.88. The molecule has 0 radical (unpaired) electrons. The third kappa shape index (κ3) is 6.36. The average molecular weight is 793 g/mol. The molecule has 0 saturated carbocycles. The number of rotatable bonds is 8. The second-order valence-electron chi connectivity index (χ2n) is 16.2. The summed E-state index contributed by atoms with van der Waals surface area (Å²) in [4.78, 5) is 0. The zero-order valence-electron chi connectivity index (χ0n) is 34.8. The molecular formula is C60H44N2. The molecule has 294 valence electrons. The van der Waals surface area contributed by atoms with Crippen molar-refractivity contribution in [3.8, 4) is 78.7 Å². The molecule has 0 N–H and O–H groups in total. The minimum atomic E-state index is 1.12. The van der Waals surface area contributed by atoms with Crippen LogP contribution in [0.2, 0.25) is 0 Å². The fourth-order valence-corrected chi connectivity index (χ4v) is 9.54. The van der Waals surface area contributed by atoms with Gasteiger partial charge < -0.3 is 9.13 Å². The molecule has 0 saturated heterocycles. The van der Waals surface area contributed by atoms with Gasteiger partial charge in [0.25, 0.3) is 0 Å². The van der Waals surface area contributed by atoms with Crippen LogP contribution in [0.4, 0.5) is 0 Å². The first kappa shape index (κ1) is 37.1. The van der Waals surface area contributed by atoms with E-state index in [-0.39, 0.29) is 0 Å². The predicted molar refractivity (Wildman–Crippen MR) is 262 cm³/mol. The van der Waals surface area contributed by atoms with Crippen molar-refractivity contribution < 1.29 is 0 Å². The van der Waals surface area contributed by atoms with Crippen molar-refractivity contribution in [3.63, 3.8) is 0 Å². The molecule has 0 bridgehead atoms. The van der Waals surface area contributed by atoms with Gasteiger partial charge in [-0.1, -0.05) is 182 Å². The maximum atomic E-state index is 2.44. The van der Waals surface area contributed by atoms with E-state index in [1.807, 2.05) is 0 Å². The molecule has 0 aliphatic carbocycles. The Hall–Kier alpha value is -7.94. The third-order valence-corrected chi connectivity index (χ3v) is 12.5. The summed E-state index contributed by atoms with van der Waals surface area (Å²) in [6.45, 7) is 4.48.